The first kappa shape index (κ1) is 16.4. The SMILES string of the molecule is CC1=C(C(=O)NCc2ccc(C(=O)N3CCCC3)cc2)OCCO1. The Hall–Kier alpha value is -2.50. The van der Waals surface area contributed by atoms with E-state index in [1.54, 1.807) is 6.92 Å². The molecule has 0 aliphatic carbocycles. The Kier molecular flexibility index (Phi) is 5.03. The first-order chi connectivity index (χ1) is 11.6. The Morgan fingerprint density at radius 3 is 2.42 bits per heavy atom. The zero-order valence-corrected chi connectivity index (χ0v) is 13.8. The second-order valence-corrected chi connectivity index (χ2v) is 5.96. The Morgan fingerprint density at radius 1 is 1.08 bits per heavy atom. The summed E-state index contributed by atoms with van der Waals surface area (Å²) in [4.78, 5) is 26.3. The summed E-state index contributed by atoms with van der Waals surface area (Å²) >= 11 is 0. The van der Waals surface area contributed by atoms with E-state index in [-0.39, 0.29) is 17.6 Å². The molecule has 0 bridgehead atoms. The highest BCUT2D eigenvalue weighted by atomic mass is 16.6. The molecule has 1 N–H and O–H groups in total. The summed E-state index contributed by atoms with van der Waals surface area (Å²) < 4.78 is 10.6. The molecule has 2 amide bonds. The van der Waals surface area contributed by atoms with Gasteiger partial charge in [-0.25, -0.2) is 0 Å². The van der Waals surface area contributed by atoms with Crippen molar-refractivity contribution in [1.29, 1.82) is 0 Å². The highest BCUT2D eigenvalue weighted by Gasteiger charge is 2.20. The van der Waals surface area contributed by atoms with E-state index in [1.807, 2.05) is 29.2 Å². The van der Waals surface area contributed by atoms with Crippen LogP contribution in [0.2, 0.25) is 0 Å². The second-order valence-electron chi connectivity index (χ2n) is 5.96. The summed E-state index contributed by atoms with van der Waals surface area (Å²) in [7, 11) is 0. The van der Waals surface area contributed by atoms with Crippen LogP contribution in [0.15, 0.2) is 35.8 Å². The lowest BCUT2D eigenvalue weighted by molar-refractivity contribution is -0.122. The lowest BCUT2D eigenvalue weighted by atomic mass is 10.1. The first-order valence-electron chi connectivity index (χ1n) is 8.28. The molecule has 0 aromatic heterocycles. The number of carbonyl (C=O) groups is 2. The van der Waals surface area contributed by atoms with E-state index in [0.717, 1.165) is 31.5 Å². The Morgan fingerprint density at radius 2 is 1.75 bits per heavy atom. The van der Waals surface area contributed by atoms with Crippen LogP contribution in [0.1, 0.15) is 35.7 Å². The Labute approximate surface area is 141 Å². The van der Waals surface area contributed by atoms with Crippen LogP contribution in [0.5, 0.6) is 0 Å². The van der Waals surface area contributed by atoms with E-state index in [2.05, 4.69) is 5.32 Å². The molecule has 1 aromatic rings. The van der Waals surface area contributed by atoms with E-state index in [0.29, 0.717) is 31.1 Å². The van der Waals surface area contributed by atoms with Gasteiger partial charge in [0.15, 0.2) is 0 Å². The number of allylic oxidation sites excluding steroid dienone is 1. The predicted octanol–water partition coefficient (Wildman–Crippen LogP) is 1.82. The van der Waals surface area contributed by atoms with Crippen LogP contribution in [-0.2, 0) is 20.8 Å². The van der Waals surface area contributed by atoms with Gasteiger partial charge in [0.2, 0.25) is 5.76 Å². The molecule has 2 aliphatic heterocycles. The molecule has 3 rings (SSSR count). The average molecular weight is 330 g/mol. The fourth-order valence-electron chi connectivity index (χ4n) is 2.86. The number of hydrogen-bond acceptors (Lipinski definition) is 4. The van der Waals surface area contributed by atoms with Crippen LogP contribution in [-0.4, -0.2) is 43.0 Å². The van der Waals surface area contributed by atoms with Crippen molar-refractivity contribution in [3.8, 4) is 0 Å². The maximum Gasteiger partial charge on any atom is 0.290 e. The second kappa shape index (κ2) is 7.38. The van der Waals surface area contributed by atoms with Gasteiger partial charge in [0.1, 0.15) is 19.0 Å². The van der Waals surface area contributed by atoms with Crippen molar-refractivity contribution in [2.45, 2.75) is 26.3 Å². The summed E-state index contributed by atoms with van der Waals surface area (Å²) in [5, 5.41) is 2.81. The third kappa shape index (κ3) is 3.69. The molecule has 0 saturated carbocycles. The van der Waals surface area contributed by atoms with Crippen LogP contribution in [0.25, 0.3) is 0 Å². The zero-order valence-electron chi connectivity index (χ0n) is 13.8. The molecule has 24 heavy (non-hydrogen) atoms. The van der Waals surface area contributed by atoms with Crippen molar-refractivity contribution >= 4 is 11.8 Å². The topological polar surface area (TPSA) is 67.9 Å². The van der Waals surface area contributed by atoms with Crippen molar-refractivity contribution in [1.82, 2.24) is 10.2 Å². The smallest absolute Gasteiger partial charge is 0.290 e. The molecule has 0 atom stereocenters. The molecule has 128 valence electrons. The maximum atomic E-state index is 12.3. The van der Waals surface area contributed by atoms with Crippen LogP contribution >= 0.6 is 0 Å². The van der Waals surface area contributed by atoms with Gasteiger partial charge in [-0.05, 0) is 37.5 Å². The van der Waals surface area contributed by atoms with Gasteiger partial charge in [0.05, 0.1) is 0 Å². The van der Waals surface area contributed by atoms with Crippen molar-refractivity contribution in [3.05, 3.63) is 46.9 Å². The largest absolute Gasteiger partial charge is 0.491 e. The van der Waals surface area contributed by atoms with Crippen molar-refractivity contribution in [2.24, 2.45) is 0 Å². The fraction of sp³-hybridized carbons (Fsp3) is 0.444. The van der Waals surface area contributed by atoms with Gasteiger partial charge in [-0.2, -0.15) is 0 Å². The number of ether oxygens (including phenoxy) is 2. The minimum atomic E-state index is -0.288. The number of nitrogens with one attached hydrogen (secondary N) is 1. The molecule has 0 spiro atoms. The van der Waals surface area contributed by atoms with Crippen LogP contribution in [0.4, 0.5) is 0 Å². The van der Waals surface area contributed by atoms with E-state index < -0.39 is 0 Å². The van der Waals surface area contributed by atoms with E-state index in [9.17, 15) is 9.59 Å². The van der Waals surface area contributed by atoms with Gasteiger partial charge in [0.25, 0.3) is 11.8 Å². The number of likely N-dealkylation sites (tertiary alicyclic amines) is 1. The average Bonchev–Trinajstić information content (AvgIpc) is 3.14. The normalized spacial score (nSPS) is 17.3. The lowest BCUT2D eigenvalue weighted by Gasteiger charge is -2.19. The van der Waals surface area contributed by atoms with E-state index >= 15 is 0 Å². The minimum absolute atomic E-state index is 0.0802. The number of rotatable bonds is 4. The molecular formula is C18H22N2O4. The van der Waals surface area contributed by atoms with Crippen molar-refractivity contribution in [2.75, 3.05) is 26.3 Å². The summed E-state index contributed by atoms with van der Waals surface area (Å²) in [6.07, 6.45) is 2.16. The van der Waals surface area contributed by atoms with Crippen LogP contribution < -0.4 is 5.32 Å². The van der Waals surface area contributed by atoms with Gasteiger partial charge in [0, 0.05) is 25.2 Å². The molecular weight excluding hydrogens is 308 g/mol. The monoisotopic (exact) mass is 330 g/mol. The number of hydrogen-bond donors (Lipinski definition) is 1. The lowest BCUT2D eigenvalue weighted by Crippen LogP contribution is -2.29. The maximum absolute atomic E-state index is 12.3. The quantitative estimate of drug-likeness (QED) is 0.914. The molecule has 0 unspecified atom stereocenters. The van der Waals surface area contributed by atoms with E-state index in [4.69, 9.17) is 9.47 Å². The third-order valence-corrected chi connectivity index (χ3v) is 4.22. The summed E-state index contributed by atoms with van der Waals surface area (Å²) in [5.41, 5.74) is 1.62. The third-order valence-electron chi connectivity index (χ3n) is 4.22. The van der Waals surface area contributed by atoms with Gasteiger partial charge < -0.3 is 19.7 Å². The molecule has 6 nitrogen and oxygen atoms in total. The van der Waals surface area contributed by atoms with Gasteiger partial charge in [-0.1, -0.05) is 12.1 Å². The molecule has 1 aromatic carbocycles. The van der Waals surface area contributed by atoms with Crippen molar-refractivity contribution in [3.63, 3.8) is 0 Å². The van der Waals surface area contributed by atoms with Gasteiger partial charge in [-0.15, -0.1) is 0 Å². The summed E-state index contributed by atoms with van der Waals surface area (Å²) in [5.74, 6) is 0.536. The summed E-state index contributed by atoms with van der Waals surface area (Å²) in [6, 6.07) is 7.35. The minimum Gasteiger partial charge on any atom is -0.491 e. The molecule has 2 aliphatic rings. The number of benzene rings is 1. The van der Waals surface area contributed by atoms with Crippen LogP contribution in [0.3, 0.4) is 0 Å². The zero-order chi connectivity index (χ0) is 16.9. The van der Waals surface area contributed by atoms with Crippen LogP contribution in [0, 0.1) is 0 Å². The molecule has 2 heterocycles. The first-order valence-corrected chi connectivity index (χ1v) is 8.28. The number of carbonyl (C=O) groups excluding carboxylic acids is 2. The Balaban J connectivity index is 1.56. The molecule has 1 fully saturated rings. The molecule has 1 saturated heterocycles. The number of nitrogens with zero attached hydrogens (tertiary/aromatic N) is 1. The van der Waals surface area contributed by atoms with Gasteiger partial charge in [-0.3, -0.25) is 9.59 Å². The van der Waals surface area contributed by atoms with Crippen molar-refractivity contribution < 1.29 is 19.1 Å². The Bertz CT molecular complexity index is 645. The highest BCUT2D eigenvalue weighted by molar-refractivity contribution is 5.94. The highest BCUT2D eigenvalue weighted by Crippen LogP contribution is 2.15. The molecule has 6 heteroatoms. The fourth-order valence-corrected chi connectivity index (χ4v) is 2.86. The number of amides is 2. The molecule has 0 radical (unpaired) electrons. The standard InChI is InChI=1S/C18H22N2O4/c1-13-16(24-11-10-23-13)17(21)19-12-14-4-6-15(7-5-14)18(22)20-8-2-3-9-20/h4-7H,2-3,8-12H2,1H3,(H,19,21). The van der Waals surface area contributed by atoms with Gasteiger partial charge >= 0.3 is 0 Å². The van der Waals surface area contributed by atoms with E-state index in [1.165, 1.54) is 0 Å². The summed E-state index contributed by atoms with van der Waals surface area (Å²) in [6.45, 7) is 4.62. The predicted molar refractivity (Wildman–Crippen MR) is 88.0 cm³/mol.